The molecule has 0 heterocycles. The predicted molar refractivity (Wildman–Crippen MR) is 96.9 cm³/mol. The van der Waals surface area contributed by atoms with Gasteiger partial charge >= 0.3 is 0 Å². The van der Waals surface area contributed by atoms with E-state index in [1.54, 1.807) is 11.9 Å². The van der Waals surface area contributed by atoms with Crippen molar-refractivity contribution in [1.29, 1.82) is 0 Å². The Morgan fingerprint density at radius 1 is 1.09 bits per heavy atom. The molecule has 0 saturated heterocycles. The first kappa shape index (κ1) is 14.9. The van der Waals surface area contributed by atoms with E-state index in [-0.39, 0.29) is 0 Å². The van der Waals surface area contributed by atoms with Crippen molar-refractivity contribution in [2.75, 3.05) is 11.8 Å². The van der Waals surface area contributed by atoms with Crippen LogP contribution in [0.1, 0.15) is 17.5 Å². The van der Waals surface area contributed by atoms with Crippen molar-refractivity contribution in [3.63, 3.8) is 0 Å². The average Bonchev–Trinajstić information content (AvgIpc) is 3.09. The highest BCUT2D eigenvalue weighted by molar-refractivity contribution is 8.00. The van der Waals surface area contributed by atoms with E-state index in [4.69, 9.17) is 0 Å². The molecular weight excluding hydrogens is 288 g/mol. The number of anilines is 1. The van der Waals surface area contributed by atoms with Crippen LogP contribution in [-0.2, 0) is 6.54 Å². The molecule has 0 fully saturated rings. The number of rotatable bonds is 6. The second-order valence-electron chi connectivity index (χ2n) is 5.25. The van der Waals surface area contributed by atoms with E-state index in [9.17, 15) is 0 Å². The van der Waals surface area contributed by atoms with Crippen LogP contribution in [0.5, 0.6) is 0 Å². The fraction of sp³-hybridized carbons (Fsp3) is 0.158. The Kier molecular flexibility index (Phi) is 4.99. The van der Waals surface area contributed by atoms with Crippen LogP contribution < -0.4 is 10.0 Å². The highest BCUT2D eigenvalue weighted by Gasteiger charge is 2.10. The Hall–Kier alpha value is -1.97. The lowest BCUT2D eigenvalue weighted by Gasteiger charge is -2.14. The minimum atomic E-state index is 0.889. The summed E-state index contributed by atoms with van der Waals surface area (Å²) in [5, 5.41) is 3.22. The van der Waals surface area contributed by atoms with Gasteiger partial charge < -0.3 is 10.0 Å². The third-order valence-corrected chi connectivity index (χ3v) is 4.43. The Morgan fingerprint density at radius 3 is 2.68 bits per heavy atom. The molecule has 112 valence electrons. The van der Waals surface area contributed by atoms with Gasteiger partial charge in [0.1, 0.15) is 0 Å². The molecule has 2 nitrogen and oxygen atoms in total. The molecule has 3 heteroatoms. The molecule has 0 aliphatic heterocycles. The minimum Gasteiger partial charge on any atom is -0.325 e. The maximum atomic E-state index is 3.50. The molecule has 2 aromatic carbocycles. The largest absolute Gasteiger partial charge is 0.325 e. The summed E-state index contributed by atoms with van der Waals surface area (Å²) in [5.74, 6) is 0. The zero-order chi connectivity index (χ0) is 15.2. The normalized spacial score (nSPS) is 13.2. The summed E-state index contributed by atoms with van der Waals surface area (Å²) < 4.78 is 3.50. The Balaban J connectivity index is 1.82. The van der Waals surface area contributed by atoms with Gasteiger partial charge in [-0.3, -0.25) is 0 Å². The number of nitrogens with one attached hydrogen (secondary N) is 2. The van der Waals surface area contributed by atoms with E-state index >= 15 is 0 Å². The molecule has 2 N–H and O–H groups in total. The fourth-order valence-corrected chi connectivity index (χ4v) is 3.21. The molecule has 0 atom stereocenters. The number of allylic oxidation sites excluding steroid dienone is 4. The molecule has 3 rings (SSSR count). The quantitative estimate of drug-likeness (QED) is 0.745. The standard InChI is InChI=1S/C19H20N2S/c1-20-14-15-11-12-19(18(13-15)16-7-5-6-8-16)21-22-17-9-3-2-4-10-17/h2-7,9-13,20-21H,8,14H2,1H3. The molecule has 0 unspecified atom stereocenters. The van der Waals surface area contributed by atoms with Crippen molar-refractivity contribution in [3.05, 3.63) is 77.9 Å². The summed E-state index contributed by atoms with van der Waals surface area (Å²) >= 11 is 1.65. The van der Waals surface area contributed by atoms with Crippen molar-refractivity contribution in [2.45, 2.75) is 17.9 Å². The highest BCUT2D eigenvalue weighted by Crippen LogP contribution is 2.33. The highest BCUT2D eigenvalue weighted by atomic mass is 32.2. The Bertz CT molecular complexity index is 690. The van der Waals surface area contributed by atoms with Crippen LogP contribution in [0.3, 0.4) is 0 Å². The summed E-state index contributed by atoms with van der Waals surface area (Å²) in [4.78, 5) is 1.21. The van der Waals surface area contributed by atoms with Gasteiger partial charge in [-0.05, 0) is 60.8 Å². The van der Waals surface area contributed by atoms with Crippen molar-refractivity contribution in [2.24, 2.45) is 0 Å². The van der Waals surface area contributed by atoms with Gasteiger partial charge in [0.25, 0.3) is 0 Å². The Morgan fingerprint density at radius 2 is 1.95 bits per heavy atom. The minimum absolute atomic E-state index is 0.889. The first-order valence-corrected chi connectivity index (χ1v) is 8.30. The van der Waals surface area contributed by atoms with Crippen LogP contribution in [0.15, 0.2) is 71.7 Å². The molecule has 0 spiro atoms. The van der Waals surface area contributed by atoms with Crippen LogP contribution in [0.4, 0.5) is 5.69 Å². The first-order valence-electron chi connectivity index (χ1n) is 7.48. The van der Waals surface area contributed by atoms with Crippen LogP contribution in [0.2, 0.25) is 0 Å². The monoisotopic (exact) mass is 308 g/mol. The third-order valence-electron chi connectivity index (χ3n) is 3.60. The first-order chi connectivity index (χ1) is 10.9. The molecule has 0 aromatic heterocycles. The lowest BCUT2D eigenvalue weighted by Crippen LogP contribution is -2.06. The maximum absolute atomic E-state index is 3.50. The fourth-order valence-electron chi connectivity index (χ4n) is 2.51. The average molecular weight is 308 g/mol. The summed E-state index contributed by atoms with van der Waals surface area (Å²) in [7, 11) is 1.98. The number of benzene rings is 2. The van der Waals surface area contributed by atoms with Gasteiger partial charge in [0.2, 0.25) is 0 Å². The van der Waals surface area contributed by atoms with E-state index in [2.05, 4.69) is 70.7 Å². The lowest BCUT2D eigenvalue weighted by molar-refractivity contribution is 0.818. The van der Waals surface area contributed by atoms with Gasteiger partial charge in [-0.15, -0.1) is 0 Å². The van der Waals surface area contributed by atoms with Crippen molar-refractivity contribution in [1.82, 2.24) is 5.32 Å². The Labute approximate surface area is 136 Å². The van der Waals surface area contributed by atoms with E-state index in [0.29, 0.717) is 0 Å². The zero-order valence-electron chi connectivity index (χ0n) is 12.7. The molecule has 0 bridgehead atoms. The van der Waals surface area contributed by atoms with Gasteiger partial charge in [-0.25, -0.2) is 0 Å². The molecule has 22 heavy (non-hydrogen) atoms. The van der Waals surface area contributed by atoms with Crippen molar-refractivity contribution >= 4 is 23.2 Å². The maximum Gasteiger partial charge on any atom is 0.0519 e. The van der Waals surface area contributed by atoms with E-state index in [1.165, 1.54) is 27.3 Å². The summed E-state index contributed by atoms with van der Waals surface area (Å²) in [6, 6.07) is 17.0. The van der Waals surface area contributed by atoms with Crippen LogP contribution in [0.25, 0.3) is 5.57 Å². The third kappa shape index (κ3) is 3.62. The molecule has 0 amide bonds. The molecule has 1 aliphatic carbocycles. The second-order valence-corrected chi connectivity index (χ2v) is 6.13. The summed E-state index contributed by atoms with van der Waals surface area (Å²) in [5.41, 5.74) is 5.14. The topological polar surface area (TPSA) is 24.1 Å². The van der Waals surface area contributed by atoms with E-state index < -0.39 is 0 Å². The van der Waals surface area contributed by atoms with Gasteiger partial charge in [-0.2, -0.15) is 0 Å². The molecule has 0 radical (unpaired) electrons. The zero-order valence-corrected chi connectivity index (χ0v) is 13.5. The van der Waals surface area contributed by atoms with Gasteiger partial charge in [-0.1, -0.05) is 42.5 Å². The second kappa shape index (κ2) is 7.34. The number of hydrogen-bond donors (Lipinski definition) is 2. The smallest absolute Gasteiger partial charge is 0.0519 e. The molecule has 2 aromatic rings. The van der Waals surface area contributed by atoms with Crippen LogP contribution in [-0.4, -0.2) is 7.05 Å². The lowest BCUT2D eigenvalue weighted by atomic mass is 10.0. The summed E-state index contributed by atoms with van der Waals surface area (Å²) in [6.07, 6.45) is 7.55. The van der Waals surface area contributed by atoms with Gasteiger partial charge in [0, 0.05) is 17.0 Å². The molecule has 0 saturated carbocycles. The van der Waals surface area contributed by atoms with Crippen molar-refractivity contribution in [3.8, 4) is 0 Å². The SMILES string of the molecule is CNCc1ccc(NSc2ccccc2)c(C2=CC=CC2)c1. The van der Waals surface area contributed by atoms with Gasteiger partial charge in [0.15, 0.2) is 0 Å². The van der Waals surface area contributed by atoms with Crippen LogP contribution in [0, 0.1) is 0 Å². The van der Waals surface area contributed by atoms with E-state index in [0.717, 1.165) is 13.0 Å². The van der Waals surface area contributed by atoms with Crippen molar-refractivity contribution < 1.29 is 0 Å². The molecule has 1 aliphatic rings. The summed E-state index contributed by atoms with van der Waals surface area (Å²) in [6.45, 7) is 0.889. The predicted octanol–water partition coefficient (Wildman–Crippen LogP) is 4.87. The van der Waals surface area contributed by atoms with Gasteiger partial charge in [0.05, 0.1) is 5.69 Å². The molecular formula is C19H20N2S. The number of hydrogen-bond acceptors (Lipinski definition) is 3. The van der Waals surface area contributed by atoms with Crippen LogP contribution >= 0.6 is 11.9 Å². The van der Waals surface area contributed by atoms with E-state index in [1.807, 2.05) is 13.1 Å².